The Morgan fingerprint density at radius 2 is 1.55 bits per heavy atom. The van der Waals surface area contributed by atoms with Crippen LogP contribution < -0.4 is 14.8 Å². The molecule has 1 unspecified atom stereocenters. The maximum Gasteiger partial charge on any atom is 0.421 e. The van der Waals surface area contributed by atoms with Gasteiger partial charge in [0.15, 0.2) is 17.1 Å². The lowest BCUT2D eigenvalue weighted by Crippen LogP contribution is -2.46. The van der Waals surface area contributed by atoms with Crippen molar-refractivity contribution in [1.82, 2.24) is 5.32 Å². The summed E-state index contributed by atoms with van der Waals surface area (Å²) in [6, 6.07) is 21.1. The minimum absolute atomic E-state index is 0.0448. The normalized spacial score (nSPS) is 13.1. The molecule has 0 heterocycles. The summed E-state index contributed by atoms with van der Waals surface area (Å²) in [7, 11) is 1.47. The Balaban J connectivity index is 1.64. The number of ether oxygens (including phenoxy) is 2. The van der Waals surface area contributed by atoms with Crippen LogP contribution in [-0.2, 0) is 23.5 Å². The van der Waals surface area contributed by atoms with Crippen LogP contribution in [0.1, 0.15) is 23.1 Å². The molecule has 0 aromatic heterocycles. The quantitative estimate of drug-likeness (QED) is 0.486. The first-order valence-electron chi connectivity index (χ1n) is 10.2. The third-order valence-electron chi connectivity index (χ3n) is 5.09. The van der Waals surface area contributed by atoms with Crippen LogP contribution in [0.25, 0.3) is 0 Å². The second-order valence-electron chi connectivity index (χ2n) is 7.44. The molecule has 0 saturated heterocycles. The summed E-state index contributed by atoms with van der Waals surface area (Å²) < 4.78 is 51.9. The van der Waals surface area contributed by atoms with Crippen molar-refractivity contribution < 1.29 is 32.5 Å². The van der Waals surface area contributed by atoms with E-state index in [4.69, 9.17) is 9.47 Å². The van der Waals surface area contributed by atoms with E-state index in [1.165, 1.54) is 25.3 Å². The molecule has 0 fully saturated rings. The highest BCUT2D eigenvalue weighted by Gasteiger charge is 2.55. The van der Waals surface area contributed by atoms with Crippen LogP contribution in [0.2, 0.25) is 0 Å². The number of carbonyl (C=O) groups excluding carboxylic acids is 1. The monoisotopic (exact) mass is 459 g/mol. The Bertz CT molecular complexity index is 1060. The van der Waals surface area contributed by atoms with Crippen molar-refractivity contribution in [2.75, 3.05) is 7.11 Å². The molecule has 0 radical (unpaired) electrons. The SMILES string of the molecule is COc1cc(CNC(=O)CC(O)(c2ccccc2)C(F)(F)F)ccc1OCc1ccccc1. The van der Waals surface area contributed by atoms with Crippen molar-refractivity contribution in [2.24, 2.45) is 0 Å². The molecule has 5 nitrogen and oxygen atoms in total. The largest absolute Gasteiger partial charge is 0.493 e. The van der Waals surface area contributed by atoms with Crippen LogP contribution >= 0.6 is 0 Å². The molecule has 0 spiro atoms. The first kappa shape index (κ1) is 24.1. The fourth-order valence-corrected chi connectivity index (χ4v) is 3.25. The molecule has 0 saturated carbocycles. The third kappa shape index (κ3) is 6.04. The number of amides is 1. The molecule has 2 N–H and O–H groups in total. The predicted octanol–water partition coefficient (Wildman–Crippen LogP) is 4.73. The lowest BCUT2D eigenvalue weighted by atomic mass is 9.89. The number of halogens is 3. The Hall–Kier alpha value is -3.52. The van der Waals surface area contributed by atoms with E-state index < -0.39 is 29.7 Å². The fraction of sp³-hybridized carbons (Fsp3) is 0.240. The lowest BCUT2D eigenvalue weighted by Gasteiger charge is -2.30. The molecule has 174 valence electrons. The second kappa shape index (κ2) is 10.4. The fourth-order valence-electron chi connectivity index (χ4n) is 3.25. The van der Waals surface area contributed by atoms with E-state index in [-0.39, 0.29) is 6.54 Å². The Morgan fingerprint density at radius 3 is 2.15 bits per heavy atom. The van der Waals surface area contributed by atoms with Crippen LogP contribution in [0.5, 0.6) is 11.5 Å². The van der Waals surface area contributed by atoms with Gasteiger partial charge >= 0.3 is 6.18 Å². The number of carbonyl (C=O) groups is 1. The Morgan fingerprint density at radius 1 is 0.909 bits per heavy atom. The third-order valence-corrected chi connectivity index (χ3v) is 5.09. The summed E-state index contributed by atoms with van der Waals surface area (Å²) in [6.45, 7) is 0.291. The Kier molecular flexibility index (Phi) is 7.60. The molecule has 33 heavy (non-hydrogen) atoms. The van der Waals surface area contributed by atoms with E-state index >= 15 is 0 Å². The molecule has 0 aliphatic carbocycles. The van der Waals surface area contributed by atoms with Crippen LogP contribution in [0.15, 0.2) is 78.9 Å². The highest BCUT2D eigenvalue weighted by atomic mass is 19.4. The maximum atomic E-state index is 13.6. The van der Waals surface area contributed by atoms with Gasteiger partial charge in [-0.3, -0.25) is 4.79 Å². The number of aliphatic hydroxyl groups is 1. The van der Waals surface area contributed by atoms with Gasteiger partial charge < -0.3 is 19.9 Å². The van der Waals surface area contributed by atoms with Gasteiger partial charge in [0.2, 0.25) is 5.91 Å². The molecular formula is C25H24F3NO4. The van der Waals surface area contributed by atoms with Gasteiger partial charge in [-0.2, -0.15) is 13.2 Å². The van der Waals surface area contributed by atoms with E-state index in [1.54, 1.807) is 18.2 Å². The van der Waals surface area contributed by atoms with Crippen molar-refractivity contribution in [3.63, 3.8) is 0 Å². The van der Waals surface area contributed by atoms with Crippen molar-refractivity contribution in [3.05, 3.63) is 95.6 Å². The van der Waals surface area contributed by atoms with Crippen LogP contribution in [0.4, 0.5) is 13.2 Å². The van der Waals surface area contributed by atoms with E-state index in [0.717, 1.165) is 17.7 Å². The van der Waals surface area contributed by atoms with E-state index in [9.17, 15) is 23.1 Å². The zero-order valence-electron chi connectivity index (χ0n) is 17.9. The number of hydrogen-bond acceptors (Lipinski definition) is 4. The van der Waals surface area contributed by atoms with Crippen LogP contribution in [0.3, 0.4) is 0 Å². The van der Waals surface area contributed by atoms with Gasteiger partial charge in [-0.25, -0.2) is 0 Å². The molecule has 1 atom stereocenters. The molecule has 3 rings (SSSR count). The lowest BCUT2D eigenvalue weighted by molar-refractivity contribution is -0.267. The summed E-state index contributed by atoms with van der Waals surface area (Å²) in [5.74, 6) is -0.0252. The summed E-state index contributed by atoms with van der Waals surface area (Å²) in [5, 5.41) is 12.8. The smallest absolute Gasteiger partial charge is 0.421 e. The minimum atomic E-state index is -5.02. The molecule has 8 heteroatoms. The van der Waals surface area contributed by atoms with Gasteiger partial charge in [-0.15, -0.1) is 0 Å². The van der Waals surface area contributed by atoms with Gasteiger partial charge in [0.1, 0.15) is 6.61 Å². The summed E-state index contributed by atoms with van der Waals surface area (Å²) in [6.07, 6.45) is -6.18. The van der Waals surface area contributed by atoms with E-state index in [2.05, 4.69) is 5.32 Å². The van der Waals surface area contributed by atoms with Crippen molar-refractivity contribution >= 4 is 5.91 Å². The highest BCUT2D eigenvalue weighted by molar-refractivity contribution is 5.77. The van der Waals surface area contributed by atoms with Gasteiger partial charge in [0.05, 0.1) is 13.5 Å². The first-order chi connectivity index (χ1) is 15.7. The van der Waals surface area contributed by atoms with Gasteiger partial charge in [-0.05, 0) is 28.8 Å². The highest BCUT2D eigenvalue weighted by Crippen LogP contribution is 2.41. The number of benzene rings is 3. The van der Waals surface area contributed by atoms with Gasteiger partial charge in [-0.1, -0.05) is 66.7 Å². The zero-order chi connectivity index (χ0) is 23.9. The molecule has 3 aromatic rings. The van der Waals surface area contributed by atoms with Crippen LogP contribution in [0, 0.1) is 0 Å². The first-order valence-corrected chi connectivity index (χ1v) is 10.2. The maximum absolute atomic E-state index is 13.6. The predicted molar refractivity (Wildman–Crippen MR) is 117 cm³/mol. The van der Waals surface area contributed by atoms with E-state index in [0.29, 0.717) is 23.7 Å². The number of methoxy groups -OCH3 is 1. The molecule has 0 aliphatic rings. The van der Waals surface area contributed by atoms with E-state index in [1.807, 2.05) is 30.3 Å². The molecular weight excluding hydrogens is 435 g/mol. The molecule has 0 bridgehead atoms. The zero-order valence-corrected chi connectivity index (χ0v) is 17.9. The average Bonchev–Trinajstić information content (AvgIpc) is 2.82. The number of nitrogens with one attached hydrogen (secondary N) is 1. The number of rotatable bonds is 9. The van der Waals surface area contributed by atoms with Crippen molar-refractivity contribution in [3.8, 4) is 11.5 Å². The Labute approximate surface area is 189 Å². The molecule has 0 aliphatic heterocycles. The number of alkyl halides is 3. The minimum Gasteiger partial charge on any atom is -0.493 e. The standard InChI is InChI=1S/C25H24F3NO4/c1-32-22-14-19(12-13-21(22)33-17-18-8-4-2-5-9-18)16-29-23(30)15-24(31,25(26,27)28)20-10-6-3-7-11-20/h2-14,31H,15-17H2,1H3,(H,29,30). The van der Waals surface area contributed by atoms with Gasteiger partial charge in [0.25, 0.3) is 0 Å². The van der Waals surface area contributed by atoms with Crippen molar-refractivity contribution in [2.45, 2.75) is 31.3 Å². The molecule has 1 amide bonds. The summed E-state index contributed by atoms with van der Waals surface area (Å²) in [4.78, 5) is 12.3. The summed E-state index contributed by atoms with van der Waals surface area (Å²) in [5.41, 5.74) is -2.10. The topological polar surface area (TPSA) is 67.8 Å². The number of hydrogen-bond donors (Lipinski definition) is 2. The van der Waals surface area contributed by atoms with Crippen molar-refractivity contribution in [1.29, 1.82) is 0 Å². The summed E-state index contributed by atoms with van der Waals surface area (Å²) >= 11 is 0. The van der Waals surface area contributed by atoms with Crippen LogP contribution in [-0.4, -0.2) is 24.3 Å². The molecule has 3 aromatic carbocycles. The average molecular weight is 459 g/mol. The second-order valence-corrected chi connectivity index (χ2v) is 7.44. The van der Waals surface area contributed by atoms with Gasteiger partial charge in [0, 0.05) is 6.54 Å².